The number of ether oxygens (including phenoxy) is 2. The molecule has 0 aliphatic carbocycles. The molecule has 1 unspecified atom stereocenters. The molecule has 0 aromatic heterocycles. The number of benzene rings is 1. The number of amides is 1. The summed E-state index contributed by atoms with van der Waals surface area (Å²) >= 11 is 0. The van der Waals surface area contributed by atoms with Crippen molar-refractivity contribution in [1.82, 2.24) is 5.32 Å². The SMILES string of the molecule is O=C(NCCCCC1CCCO1)c1ccc2c(c1)CCCO2. The topological polar surface area (TPSA) is 47.6 Å². The van der Waals surface area contributed by atoms with Crippen LogP contribution in [-0.2, 0) is 11.2 Å². The Morgan fingerprint density at radius 3 is 3.05 bits per heavy atom. The minimum Gasteiger partial charge on any atom is -0.493 e. The Kier molecular flexibility index (Phi) is 5.33. The normalized spacial score (nSPS) is 20.3. The number of hydrogen-bond donors (Lipinski definition) is 1. The summed E-state index contributed by atoms with van der Waals surface area (Å²) in [6.07, 6.45) is 8.12. The fourth-order valence-corrected chi connectivity index (χ4v) is 3.17. The summed E-state index contributed by atoms with van der Waals surface area (Å²) in [5, 5.41) is 3.01. The first-order valence-electron chi connectivity index (χ1n) is 8.48. The van der Waals surface area contributed by atoms with E-state index in [0.29, 0.717) is 6.10 Å². The van der Waals surface area contributed by atoms with Crippen LogP contribution in [0, 0.1) is 0 Å². The molecule has 4 heteroatoms. The van der Waals surface area contributed by atoms with Crippen molar-refractivity contribution in [2.75, 3.05) is 19.8 Å². The van der Waals surface area contributed by atoms with Crippen LogP contribution in [0.2, 0.25) is 0 Å². The summed E-state index contributed by atoms with van der Waals surface area (Å²) in [4.78, 5) is 12.2. The summed E-state index contributed by atoms with van der Waals surface area (Å²) in [7, 11) is 0. The van der Waals surface area contributed by atoms with Gasteiger partial charge in [-0.15, -0.1) is 0 Å². The molecule has 2 aliphatic heterocycles. The largest absolute Gasteiger partial charge is 0.493 e. The lowest BCUT2D eigenvalue weighted by atomic mass is 10.0. The summed E-state index contributed by atoms with van der Waals surface area (Å²) in [5.41, 5.74) is 1.89. The monoisotopic (exact) mass is 303 g/mol. The Bertz CT molecular complexity index is 509. The van der Waals surface area contributed by atoms with Gasteiger partial charge in [0.15, 0.2) is 0 Å². The van der Waals surface area contributed by atoms with Crippen molar-refractivity contribution in [3.05, 3.63) is 29.3 Å². The molecule has 2 aliphatic rings. The van der Waals surface area contributed by atoms with E-state index < -0.39 is 0 Å². The number of unbranched alkanes of at least 4 members (excludes halogenated alkanes) is 1. The van der Waals surface area contributed by atoms with E-state index in [1.165, 1.54) is 12.8 Å². The molecule has 1 fully saturated rings. The molecular weight excluding hydrogens is 278 g/mol. The van der Waals surface area contributed by atoms with Crippen molar-refractivity contribution in [3.63, 3.8) is 0 Å². The summed E-state index contributed by atoms with van der Waals surface area (Å²) in [6, 6.07) is 5.74. The zero-order chi connectivity index (χ0) is 15.2. The number of carbonyl (C=O) groups excluding carboxylic acids is 1. The maximum absolute atomic E-state index is 12.2. The van der Waals surface area contributed by atoms with Crippen molar-refractivity contribution in [3.8, 4) is 5.75 Å². The Labute approximate surface area is 132 Å². The average Bonchev–Trinajstić information content (AvgIpc) is 3.07. The van der Waals surface area contributed by atoms with Crippen molar-refractivity contribution in [2.24, 2.45) is 0 Å². The molecule has 3 rings (SSSR count). The van der Waals surface area contributed by atoms with Gasteiger partial charge >= 0.3 is 0 Å². The van der Waals surface area contributed by atoms with Crippen LogP contribution < -0.4 is 10.1 Å². The van der Waals surface area contributed by atoms with Gasteiger partial charge in [-0.05, 0) is 68.7 Å². The summed E-state index contributed by atoms with van der Waals surface area (Å²) in [5.74, 6) is 0.949. The molecule has 22 heavy (non-hydrogen) atoms. The van der Waals surface area contributed by atoms with Crippen LogP contribution in [0.5, 0.6) is 5.75 Å². The predicted octanol–water partition coefficient (Wildman–Crippen LogP) is 3.09. The third-order valence-corrected chi connectivity index (χ3v) is 4.43. The molecule has 1 N–H and O–H groups in total. The molecule has 1 saturated heterocycles. The van der Waals surface area contributed by atoms with Gasteiger partial charge in [-0.3, -0.25) is 4.79 Å². The van der Waals surface area contributed by atoms with E-state index in [9.17, 15) is 4.79 Å². The maximum Gasteiger partial charge on any atom is 0.251 e. The minimum absolute atomic E-state index is 0.0190. The highest BCUT2D eigenvalue weighted by molar-refractivity contribution is 5.94. The highest BCUT2D eigenvalue weighted by atomic mass is 16.5. The molecule has 2 heterocycles. The zero-order valence-corrected chi connectivity index (χ0v) is 13.1. The average molecular weight is 303 g/mol. The van der Waals surface area contributed by atoms with Crippen molar-refractivity contribution >= 4 is 5.91 Å². The van der Waals surface area contributed by atoms with Gasteiger partial charge in [0.05, 0.1) is 12.7 Å². The molecule has 1 amide bonds. The number of aryl methyl sites for hydroxylation is 1. The lowest BCUT2D eigenvalue weighted by molar-refractivity contribution is 0.0947. The second kappa shape index (κ2) is 7.63. The fraction of sp³-hybridized carbons (Fsp3) is 0.611. The molecule has 0 radical (unpaired) electrons. The lowest BCUT2D eigenvalue weighted by Gasteiger charge is -2.17. The van der Waals surface area contributed by atoms with Gasteiger partial charge in [-0.25, -0.2) is 0 Å². The number of fused-ring (bicyclic) bond motifs is 1. The first-order valence-corrected chi connectivity index (χ1v) is 8.48. The Balaban J connectivity index is 1.40. The third kappa shape index (κ3) is 4.01. The zero-order valence-electron chi connectivity index (χ0n) is 13.1. The summed E-state index contributed by atoms with van der Waals surface area (Å²) < 4.78 is 11.2. The highest BCUT2D eigenvalue weighted by Crippen LogP contribution is 2.25. The Hall–Kier alpha value is -1.55. The first-order chi connectivity index (χ1) is 10.8. The van der Waals surface area contributed by atoms with Gasteiger partial charge in [0.2, 0.25) is 0 Å². The number of hydrogen-bond acceptors (Lipinski definition) is 3. The molecule has 0 spiro atoms. The van der Waals surface area contributed by atoms with E-state index in [-0.39, 0.29) is 5.91 Å². The van der Waals surface area contributed by atoms with Gasteiger partial charge in [0.25, 0.3) is 5.91 Å². The van der Waals surface area contributed by atoms with E-state index in [2.05, 4.69) is 5.32 Å². The lowest BCUT2D eigenvalue weighted by Crippen LogP contribution is -2.25. The number of rotatable bonds is 6. The van der Waals surface area contributed by atoms with Gasteiger partial charge in [-0.1, -0.05) is 0 Å². The summed E-state index contributed by atoms with van der Waals surface area (Å²) in [6.45, 7) is 2.44. The Morgan fingerprint density at radius 1 is 1.23 bits per heavy atom. The van der Waals surface area contributed by atoms with Gasteiger partial charge in [0, 0.05) is 18.7 Å². The number of nitrogens with one attached hydrogen (secondary N) is 1. The second-order valence-electron chi connectivity index (χ2n) is 6.16. The molecule has 1 aromatic carbocycles. The van der Waals surface area contributed by atoms with Crippen LogP contribution in [0.25, 0.3) is 0 Å². The third-order valence-electron chi connectivity index (χ3n) is 4.43. The number of carbonyl (C=O) groups is 1. The van der Waals surface area contributed by atoms with Crippen LogP contribution in [0.3, 0.4) is 0 Å². The maximum atomic E-state index is 12.2. The molecule has 4 nitrogen and oxygen atoms in total. The quantitative estimate of drug-likeness (QED) is 0.822. The molecule has 120 valence electrons. The molecule has 0 saturated carbocycles. The second-order valence-corrected chi connectivity index (χ2v) is 6.16. The van der Waals surface area contributed by atoms with Crippen molar-refractivity contribution in [1.29, 1.82) is 0 Å². The van der Waals surface area contributed by atoms with Gasteiger partial charge < -0.3 is 14.8 Å². The predicted molar refractivity (Wildman–Crippen MR) is 85.4 cm³/mol. The minimum atomic E-state index is 0.0190. The molecular formula is C18H25NO3. The van der Waals surface area contributed by atoms with Crippen LogP contribution >= 0.6 is 0 Å². The molecule has 1 aromatic rings. The van der Waals surface area contributed by atoms with Crippen LogP contribution in [0.4, 0.5) is 0 Å². The van der Waals surface area contributed by atoms with Crippen LogP contribution in [0.15, 0.2) is 18.2 Å². The van der Waals surface area contributed by atoms with Gasteiger partial charge in [-0.2, -0.15) is 0 Å². The van der Waals surface area contributed by atoms with E-state index in [0.717, 1.165) is 68.7 Å². The van der Waals surface area contributed by atoms with E-state index in [1.54, 1.807) is 0 Å². The van der Waals surface area contributed by atoms with E-state index >= 15 is 0 Å². The molecule has 1 atom stereocenters. The van der Waals surface area contributed by atoms with Gasteiger partial charge in [0.1, 0.15) is 5.75 Å². The highest BCUT2D eigenvalue weighted by Gasteiger charge is 2.15. The smallest absolute Gasteiger partial charge is 0.251 e. The van der Waals surface area contributed by atoms with Crippen LogP contribution in [0.1, 0.15) is 54.4 Å². The molecule has 0 bridgehead atoms. The van der Waals surface area contributed by atoms with Crippen molar-refractivity contribution < 1.29 is 14.3 Å². The van der Waals surface area contributed by atoms with Crippen LogP contribution in [-0.4, -0.2) is 31.8 Å². The Morgan fingerprint density at radius 2 is 2.18 bits per heavy atom. The fourth-order valence-electron chi connectivity index (χ4n) is 3.17. The van der Waals surface area contributed by atoms with Crippen molar-refractivity contribution in [2.45, 2.75) is 51.0 Å². The van der Waals surface area contributed by atoms with E-state index in [1.807, 2.05) is 18.2 Å². The standard InChI is InChI=1S/C18H25NO3/c20-18(19-10-2-1-6-16-7-4-11-21-16)15-8-9-17-14(13-15)5-3-12-22-17/h8-9,13,16H,1-7,10-12H2,(H,19,20). The first kappa shape index (κ1) is 15.3. The van der Waals surface area contributed by atoms with E-state index in [4.69, 9.17) is 9.47 Å².